The largest absolute Gasteiger partial charge is 0.485 e. The predicted octanol–water partition coefficient (Wildman–Crippen LogP) is 3.22. The average Bonchev–Trinajstić information content (AvgIpc) is 3.26. The SMILES string of the molecule is CC(=O)C1CC(C(=O)Nc2ncccc2OCc2ccncc2)=NN1c1ccccc1. The molecule has 0 aliphatic carbocycles. The van der Waals surface area contributed by atoms with Crippen molar-refractivity contribution in [3.05, 3.63) is 78.8 Å². The lowest BCUT2D eigenvalue weighted by Gasteiger charge is -2.20. The summed E-state index contributed by atoms with van der Waals surface area (Å²) in [6.45, 7) is 1.81. The van der Waals surface area contributed by atoms with Gasteiger partial charge in [-0.25, -0.2) is 4.98 Å². The van der Waals surface area contributed by atoms with E-state index in [0.29, 0.717) is 18.2 Å². The van der Waals surface area contributed by atoms with Crippen LogP contribution in [0.4, 0.5) is 11.5 Å². The first-order valence-corrected chi connectivity index (χ1v) is 9.82. The lowest BCUT2D eigenvalue weighted by Crippen LogP contribution is -2.33. The third-order valence-electron chi connectivity index (χ3n) is 4.81. The molecular formula is C23H21N5O3. The number of aromatic nitrogens is 2. The molecule has 8 nitrogen and oxygen atoms in total. The van der Waals surface area contributed by atoms with E-state index in [1.807, 2.05) is 42.5 Å². The van der Waals surface area contributed by atoms with Crippen molar-refractivity contribution in [2.75, 3.05) is 10.3 Å². The van der Waals surface area contributed by atoms with Gasteiger partial charge in [-0.1, -0.05) is 18.2 Å². The van der Waals surface area contributed by atoms with Crippen LogP contribution in [-0.2, 0) is 16.2 Å². The van der Waals surface area contributed by atoms with E-state index in [-0.39, 0.29) is 17.9 Å². The number of para-hydroxylation sites is 1. The molecule has 0 fully saturated rings. The molecule has 0 bridgehead atoms. The van der Waals surface area contributed by atoms with E-state index < -0.39 is 11.9 Å². The molecule has 3 aromatic rings. The smallest absolute Gasteiger partial charge is 0.273 e. The molecule has 156 valence electrons. The summed E-state index contributed by atoms with van der Waals surface area (Å²) in [5, 5.41) is 8.78. The van der Waals surface area contributed by atoms with Crippen LogP contribution in [0.25, 0.3) is 0 Å². The van der Waals surface area contributed by atoms with E-state index >= 15 is 0 Å². The molecular weight excluding hydrogens is 394 g/mol. The van der Waals surface area contributed by atoms with Gasteiger partial charge in [0.2, 0.25) is 0 Å². The van der Waals surface area contributed by atoms with Crippen molar-refractivity contribution in [1.82, 2.24) is 9.97 Å². The third-order valence-corrected chi connectivity index (χ3v) is 4.81. The number of pyridine rings is 2. The van der Waals surface area contributed by atoms with E-state index in [1.165, 1.54) is 6.92 Å². The van der Waals surface area contributed by atoms with E-state index in [2.05, 4.69) is 20.4 Å². The number of nitrogens with one attached hydrogen (secondary N) is 1. The van der Waals surface area contributed by atoms with E-state index in [9.17, 15) is 9.59 Å². The van der Waals surface area contributed by atoms with Crippen LogP contribution in [0.5, 0.6) is 5.75 Å². The van der Waals surface area contributed by atoms with Gasteiger partial charge in [0.05, 0.1) is 5.69 Å². The number of carbonyl (C=O) groups is 2. The lowest BCUT2D eigenvalue weighted by atomic mass is 10.1. The zero-order valence-electron chi connectivity index (χ0n) is 16.9. The number of anilines is 2. The maximum atomic E-state index is 12.9. The third kappa shape index (κ3) is 4.75. The maximum Gasteiger partial charge on any atom is 0.273 e. The van der Waals surface area contributed by atoms with Gasteiger partial charge >= 0.3 is 0 Å². The average molecular weight is 415 g/mol. The fourth-order valence-electron chi connectivity index (χ4n) is 3.20. The van der Waals surface area contributed by atoms with Crippen LogP contribution in [-0.4, -0.2) is 33.4 Å². The second-order valence-electron chi connectivity index (χ2n) is 7.01. The highest BCUT2D eigenvalue weighted by atomic mass is 16.5. The highest BCUT2D eigenvalue weighted by Crippen LogP contribution is 2.27. The first-order chi connectivity index (χ1) is 15.1. The number of hydrazone groups is 1. The first kappa shape index (κ1) is 20.2. The molecule has 1 amide bonds. The minimum atomic E-state index is -0.519. The van der Waals surface area contributed by atoms with E-state index in [0.717, 1.165) is 11.3 Å². The molecule has 0 saturated heterocycles. The van der Waals surface area contributed by atoms with Gasteiger partial charge in [-0.05, 0) is 48.9 Å². The summed E-state index contributed by atoms with van der Waals surface area (Å²) in [5.74, 6) is 0.253. The molecule has 1 unspecified atom stereocenters. The molecule has 0 radical (unpaired) electrons. The molecule has 2 aromatic heterocycles. The molecule has 1 aliphatic rings. The standard InChI is InChI=1S/C23H21N5O3/c1-16(29)20-14-19(27-28(20)18-6-3-2-4-7-18)23(30)26-22-21(8-5-11-25-22)31-15-17-9-12-24-13-10-17/h2-13,20H,14-15H2,1H3,(H,25,26,30). The Morgan fingerprint density at radius 3 is 2.58 bits per heavy atom. The second-order valence-corrected chi connectivity index (χ2v) is 7.01. The van der Waals surface area contributed by atoms with Gasteiger partial charge in [0.25, 0.3) is 5.91 Å². The molecule has 0 saturated carbocycles. The van der Waals surface area contributed by atoms with Crippen LogP contribution in [0.2, 0.25) is 0 Å². The topological polar surface area (TPSA) is 96.8 Å². The number of hydrogen-bond donors (Lipinski definition) is 1. The van der Waals surface area contributed by atoms with Gasteiger partial charge in [0.15, 0.2) is 17.4 Å². The monoisotopic (exact) mass is 415 g/mol. The Morgan fingerprint density at radius 2 is 1.84 bits per heavy atom. The Hall–Kier alpha value is -4.07. The highest BCUT2D eigenvalue weighted by molar-refractivity contribution is 6.44. The number of ketones is 1. The number of rotatable bonds is 7. The Kier molecular flexibility index (Phi) is 5.98. The Bertz CT molecular complexity index is 1100. The van der Waals surface area contributed by atoms with Crippen molar-refractivity contribution < 1.29 is 14.3 Å². The number of nitrogens with zero attached hydrogens (tertiary/aromatic N) is 4. The van der Waals surface area contributed by atoms with Crippen molar-refractivity contribution in [2.45, 2.75) is 26.0 Å². The summed E-state index contributed by atoms with van der Waals surface area (Å²) in [6.07, 6.45) is 5.16. The Morgan fingerprint density at radius 1 is 1.06 bits per heavy atom. The zero-order valence-corrected chi connectivity index (χ0v) is 16.9. The number of ether oxygens (including phenoxy) is 1. The van der Waals surface area contributed by atoms with Crippen LogP contribution in [0, 0.1) is 0 Å². The number of benzene rings is 1. The molecule has 0 spiro atoms. The number of hydrogen-bond acceptors (Lipinski definition) is 7. The van der Waals surface area contributed by atoms with E-state index in [4.69, 9.17) is 4.74 Å². The first-order valence-electron chi connectivity index (χ1n) is 9.82. The van der Waals surface area contributed by atoms with Crippen molar-refractivity contribution in [3.63, 3.8) is 0 Å². The fourth-order valence-corrected chi connectivity index (χ4v) is 3.20. The van der Waals surface area contributed by atoms with Crippen LogP contribution in [0.15, 0.2) is 78.3 Å². The Balaban J connectivity index is 1.50. The van der Waals surface area contributed by atoms with Gasteiger partial charge in [0.1, 0.15) is 18.4 Å². The fraction of sp³-hybridized carbons (Fsp3) is 0.174. The maximum absolute atomic E-state index is 12.9. The normalized spacial score (nSPS) is 15.3. The van der Waals surface area contributed by atoms with Gasteiger partial charge in [-0.2, -0.15) is 5.10 Å². The van der Waals surface area contributed by atoms with E-state index in [1.54, 1.807) is 35.7 Å². The minimum Gasteiger partial charge on any atom is -0.485 e. The Labute approximate surface area is 179 Å². The summed E-state index contributed by atoms with van der Waals surface area (Å²) in [7, 11) is 0. The zero-order chi connectivity index (χ0) is 21.6. The number of amides is 1. The van der Waals surface area contributed by atoms with Crippen LogP contribution in [0.3, 0.4) is 0 Å². The van der Waals surface area contributed by atoms with Crippen LogP contribution < -0.4 is 15.1 Å². The van der Waals surface area contributed by atoms with Crippen LogP contribution in [0.1, 0.15) is 18.9 Å². The van der Waals surface area contributed by atoms with Gasteiger partial charge in [0, 0.05) is 25.0 Å². The molecule has 1 N–H and O–H groups in total. The summed E-state index contributed by atoms with van der Waals surface area (Å²) >= 11 is 0. The minimum absolute atomic E-state index is 0.0605. The number of Topliss-reactive ketones (excluding diaryl/α,β-unsaturated/α-hetero) is 1. The van der Waals surface area contributed by atoms with Crippen molar-refractivity contribution in [3.8, 4) is 5.75 Å². The predicted molar refractivity (Wildman–Crippen MR) is 117 cm³/mol. The summed E-state index contributed by atoms with van der Waals surface area (Å²) < 4.78 is 5.83. The van der Waals surface area contributed by atoms with Gasteiger partial charge in [-0.3, -0.25) is 19.6 Å². The summed E-state index contributed by atoms with van der Waals surface area (Å²) in [6, 6.07) is 15.9. The van der Waals surface area contributed by atoms with Crippen molar-refractivity contribution >= 4 is 28.9 Å². The van der Waals surface area contributed by atoms with Crippen molar-refractivity contribution in [1.29, 1.82) is 0 Å². The molecule has 1 atom stereocenters. The van der Waals surface area contributed by atoms with Crippen molar-refractivity contribution in [2.24, 2.45) is 5.10 Å². The quantitative estimate of drug-likeness (QED) is 0.636. The molecule has 8 heteroatoms. The highest BCUT2D eigenvalue weighted by Gasteiger charge is 2.34. The molecule has 3 heterocycles. The molecule has 31 heavy (non-hydrogen) atoms. The van der Waals surface area contributed by atoms with Crippen LogP contribution >= 0.6 is 0 Å². The second kappa shape index (κ2) is 9.17. The molecule has 4 rings (SSSR count). The van der Waals surface area contributed by atoms with Gasteiger partial charge < -0.3 is 10.1 Å². The van der Waals surface area contributed by atoms with Gasteiger partial charge in [-0.15, -0.1) is 0 Å². The molecule has 1 aliphatic heterocycles. The number of carbonyl (C=O) groups excluding carboxylic acids is 2. The summed E-state index contributed by atoms with van der Waals surface area (Å²) in [5.41, 5.74) is 1.96. The summed E-state index contributed by atoms with van der Waals surface area (Å²) in [4.78, 5) is 33.3. The lowest BCUT2D eigenvalue weighted by molar-refractivity contribution is -0.118. The molecule has 1 aromatic carbocycles.